The molecule has 9 heteroatoms. The van der Waals surface area contributed by atoms with E-state index in [-0.39, 0.29) is 24.3 Å². The van der Waals surface area contributed by atoms with Crippen LogP contribution in [0.4, 0.5) is 5.13 Å². The Morgan fingerprint density at radius 3 is 2.82 bits per heavy atom. The molecule has 1 aromatic carbocycles. The Labute approximate surface area is 166 Å². The number of aromatic nitrogens is 4. The van der Waals surface area contributed by atoms with Crippen molar-refractivity contribution in [3.8, 4) is 5.69 Å². The fraction of sp³-hybridized carbons (Fsp3) is 0.316. The van der Waals surface area contributed by atoms with Crippen LogP contribution in [-0.4, -0.2) is 38.1 Å². The molecule has 0 saturated carbocycles. The van der Waals surface area contributed by atoms with Crippen LogP contribution in [0.3, 0.4) is 0 Å². The maximum atomic E-state index is 12.4. The molecule has 144 valence electrons. The van der Waals surface area contributed by atoms with Gasteiger partial charge in [0.1, 0.15) is 12.7 Å². The van der Waals surface area contributed by atoms with Crippen molar-refractivity contribution in [2.75, 3.05) is 11.4 Å². The van der Waals surface area contributed by atoms with Crippen molar-refractivity contribution in [2.45, 2.75) is 32.2 Å². The number of nitrogens with zero attached hydrogens (tertiary/aromatic N) is 5. The molecule has 1 saturated heterocycles. The summed E-state index contributed by atoms with van der Waals surface area (Å²) in [5.41, 5.74) is 2.59. The summed E-state index contributed by atoms with van der Waals surface area (Å²) in [6.07, 6.45) is 4.75. The van der Waals surface area contributed by atoms with Gasteiger partial charge in [-0.2, -0.15) is 5.10 Å². The van der Waals surface area contributed by atoms with Crippen LogP contribution < -0.4 is 10.2 Å². The zero-order valence-corrected chi connectivity index (χ0v) is 16.2. The third-order valence-electron chi connectivity index (χ3n) is 4.64. The topological polar surface area (TPSA) is 93.0 Å². The quantitative estimate of drug-likeness (QED) is 0.690. The fourth-order valence-electron chi connectivity index (χ4n) is 3.15. The molecule has 2 aromatic heterocycles. The summed E-state index contributed by atoms with van der Waals surface area (Å²) >= 11 is 1.41. The van der Waals surface area contributed by atoms with E-state index in [1.54, 1.807) is 15.9 Å². The summed E-state index contributed by atoms with van der Waals surface area (Å²) < 4.78 is 1.68. The smallest absolute Gasteiger partial charge is 0.228 e. The van der Waals surface area contributed by atoms with Gasteiger partial charge in [-0.15, -0.1) is 11.3 Å². The van der Waals surface area contributed by atoms with Gasteiger partial charge in [0.15, 0.2) is 5.13 Å². The van der Waals surface area contributed by atoms with Crippen molar-refractivity contribution >= 4 is 28.3 Å². The van der Waals surface area contributed by atoms with Crippen molar-refractivity contribution < 1.29 is 9.59 Å². The molecule has 0 bridgehead atoms. The number of anilines is 1. The molecular formula is C19H20N6O2S. The van der Waals surface area contributed by atoms with Crippen LogP contribution in [0.15, 0.2) is 42.3 Å². The first kappa shape index (κ1) is 18.3. The Morgan fingerprint density at radius 2 is 2.14 bits per heavy atom. The van der Waals surface area contributed by atoms with E-state index in [0.29, 0.717) is 23.8 Å². The highest BCUT2D eigenvalue weighted by molar-refractivity contribution is 7.14. The summed E-state index contributed by atoms with van der Waals surface area (Å²) in [5.74, 6) is 0.00534. The maximum Gasteiger partial charge on any atom is 0.228 e. The Kier molecular flexibility index (Phi) is 5.16. The van der Waals surface area contributed by atoms with Crippen LogP contribution >= 0.6 is 11.3 Å². The number of hydrogen-bond acceptors (Lipinski definition) is 6. The van der Waals surface area contributed by atoms with Crippen molar-refractivity contribution in [1.82, 2.24) is 25.1 Å². The Hall–Kier alpha value is -3.07. The highest BCUT2D eigenvalue weighted by Gasteiger charge is 2.24. The summed E-state index contributed by atoms with van der Waals surface area (Å²) in [6.45, 7) is 2.65. The Bertz CT molecular complexity index is 967. The highest BCUT2D eigenvalue weighted by atomic mass is 32.1. The lowest BCUT2D eigenvalue weighted by Gasteiger charge is -2.14. The maximum absolute atomic E-state index is 12.4. The Morgan fingerprint density at radius 1 is 1.32 bits per heavy atom. The van der Waals surface area contributed by atoms with Crippen LogP contribution in [0.5, 0.6) is 0 Å². The monoisotopic (exact) mass is 396 g/mol. The van der Waals surface area contributed by atoms with Gasteiger partial charge in [0.25, 0.3) is 0 Å². The van der Waals surface area contributed by atoms with Crippen molar-refractivity contribution in [3.63, 3.8) is 0 Å². The van der Waals surface area contributed by atoms with E-state index >= 15 is 0 Å². The number of amides is 2. The third kappa shape index (κ3) is 3.94. The lowest BCUT2D eigenvalue weighted by molar-refractivity contribution is -0.121. The van der Waals surface area contributed by atoms with Gasteiger partial charge in [-0.1, -0.05) is 12.1 Å². The SMILES string of the molecule is C[C@H](NC(=O)Cc1csc(N2CCCC2=O)n1)c1ccc(-n2cncn2)cc1. The zero-order valence-electron chi connectivity index (χ0n) is 15.4. The Balaban J connectivity index is 1.34. The second-order valence-corrected chi connectivity index (χ2v) is 7.50. The zero-order chi connectivity index (χ0) is 19.5. The van der Waals surface area contributed by atoms with Crippen LogP contribution in [0.25, 0.3) is 5.69 Å². The number of carbonyl (C=O) groups is 2. The molecule has 0 aliphatic carbocycles. The van der Waals surface area contributed by atoms with E-state index in [2.05, 4.69) is 20.4 Å². The van der Waals surface area contributed by atoms with E-state index in [1.165, 1.54) is 17.7 Å². The first-order chi connectivity index (χ1) is 13.6. The van der Waals surface area contributed by atoms with Gasteiger partial charge in [-0.05, 0) is 31.0 Å². The van der Waals surface area contributed by atoms with Crippen molar-refractivity contribution in [2.24, 2.45) is 0 Å². The summed E-state index contributed by atoms with van der Waals surface area (Å²) in [7, 11) is 0. The van der Waals surface area contributed by atoms with E-state index < -0.39 is 0 Å². The molecule has 0 radical (unpaired) electrons. The molecular weight excluding hydrogens is 376 g/mol. The van der Waals surface area contributed by atoms with E-state index in [0.717, 1.165) is 17.7 Å². The molecule has 4 rings (SSSR count). The minimum atomic E-state index is -0.129. The number of carbonyl (C=O) groups excluding carboxylic acids is 2. The third-order valence-corrected chi connectivity index (χ3v) is 5.55. The number of benzene rings is 1. The molecule has 1 aliphatic rings. The first-order valence-electron chi connectivity index (χ1n) is 9.09. The molecule has 2 amide bonds. The van der Waals surface area contributed by atoms with Gasteiger partial charge < -0.3 is 5.32 Å². The van der Waals surface area contributed by atoms with Crippen molar-refractivity contribution in [1.29, 1.82) is 0 Å². The largest absolute Gasteiger partial charge is 0.349 e. The first-order valence-corrected chi connectivity index (χ1v) is 9.97. The highest BCUT2D eigenvalue weighted by Crippen LogP contribution is 2.25. The summed E-state index contributed by atoms with van der Waals surface area (Å²) in [4.78, 5) is 34.3. The standard InChI is InChI=1S/C19H20N6O2S/c1-13(14-4-6-16(7-5-14)25-12-20-11-21-25)22-17(26)9-15-10-28-19(23-15)24-8-2-3-18(24)27/h4-7,10-13H,2-3,8-9H2,1H3,(H,22,26)/t13-/m0/s1. The van der Waals surface area contributed by atoms with Crippen molar-refractivity contribution in [3.05, 3.63) is 53.6 Å². The molecule has 8 nitrogen and oxygen atoms in total. The second-order valence-electron chi connectivity index (χ2n) is 6.67. The number of nitrogens with one attached hydrogen (secondary N) is 1. The molecule has 1 N–H and O–H groups in total. The van der Waals surface area contributed by atoms with E-state index in [9.17, 15) is 9.59 Å². The molecule has 1 atom stereocenters. The van der Waals surface area contributed by atoms with Gasteiger partial charge in [0.2, 0.25) is 11.8 Å². The van der Waals surface area contributed by atoms with Crippen LogP contribution in [0, 0.1) is 0 Å². The molecule has 0 unspecified atom stereocenters. The van der Waals surface area contributed by atoms with E-state index in [4.69, 9.17) is 0 Å². The number of rotatable bonds is 6. The molecule has 0 spiro atoms. The van der Waals surface area contributed by atoms with Crippen LogP contribution in [0.1, 0.15) is 37.1 Å². The predicted octanol–water partition coefficient (Wildman–Crippen LogP) is 2.27. The van der Waals surface area contributed by atoms with Gasteiger partial charge in [-0.25, -0.2) is 14.6 Å². The second kappa shape index (κ2) is 7.89. The van der Waals surface area contributed by atoms with Crippen LogP contribution in [0.2, 0.25) is 0 Å². The lowest BCUT2D eigenvalue weighted by atomic mass is 10.1. The lowest BCUT2D eigenvalue weighted by Crippen LogP contribution is -2.28. The summed E-state index contributed by atoms with van der Waals surface area (Å²) in [5, 5.41) is 9.62. The van der Waals surface area contributed by atoms with Gasteiger partial charge in [0, 0.05) is 18.3 Å². The normalized spacial score (nSPS) is 15.0. The fourth-order valence-corrected chi connectivity index (χ4v) is 4.02. The van der Waals surface area contributed by atoms with Gasteiger partial charge >= 0.3 is 0 Å². The molecule has 28 heavy (non-hydrogen) atoms. The minimum absolute atomic E-state index is 0.0996. The summed E-state index contributed by atoms with van der Waals surface area (Å²) in [6, 6.07) is 7.67. The number of thiazole rings is 1. The number of hydrogen-bond donors (Lipinski definition) is 1. The van der Waals surface area contributed by atoms with Crippen LogP contribution in [-0.2, 0) is 16.0 Å². The molecule has 3 aromatic rings. The average molecular weight is 396 g/mol. The van der Waals surface area contributed by atoms with E-state index in [1.807, 2.05) is 36.6 Å². The van der Waals surface area contributed by atoms with Gasteiger partial charge in [0.05, 0.1) is 23.8 Å². The molecule has 1 fully saturated rings. The van der Waals surface area contributed by atoms with Gasteiger partial charge in [-0.3, -0.25) is 14.5 Å². The predicted molar refractivity (Wildman–Crippen MR) is 105 cm³/mol. The molecule has 3 heterocycles. The average Bonchev–Trinajstić information content (AvgIpc) is 3.43. The molecule has 1 aliphatic heterocycles. The minimum Gasteiger partial charge on any atom is -0.349 e.